The number of pyridine rings is 1. The highest BCUT2D eigenvalue weighted by Crippen LogP contribution is 2.63. The number of hydrogen-bond donors (Lipinski definition) is 0. The molecule has 4 heteroatoms. The molecule has 1 aromatic heterocycles. The molecule has 0 N–H and O–H groups in total. The Hall–Kier alpha value is -3.24. The van der Waals surface area contributed by atoms with Gasteiger partial charge in [0.25, 0.3) is 0 Å². The fourth-order valence-electron chi connectivity index (χ4n) is 5.94. The third-order valence-electron chi connectivity index (χ3n) is 7.32. The molecule has 2 aliphatic rings. The van der Waals surface area contributed by atoms with Crippen LogP contribution in [0, 0.1) is 6.92 Å². The number of hydrogen-bond acceptors (Lipinski definition) is 4. The maximum absolute atomic E-state index is 13.3. The standard InChI is InChI=1S/C31H31NO3/c1-6-34-30(33)29(35-31(3,4)5)26-17(2)32-25-13-8-7-10-22(25)28(26)20-14-15-21-24-16-23(24)19-12-9-11-18(20)27(19)21/h7-15,23-24,29H,6,16H2,1-5H3/t23?,24?,29-/m0/s1. The Bertz CT molecular complexity index is 1480. The predicted molar refractivity (Wildman–Crippen MR) is 140 cm³/mol. The Kier molecular flexibility index (Phi) is 5.01. The first-order chi connectivity index (χ1) is 16.8. The summed E-state index contributed by atoms with van der Waals surface area (Å²) in [5.74, 6) is 0.947. The van der Waals surface area contributed by atoms with Gasteiger partial charge in [-0.1, -0.05) is 48.5 Å². The third kappa shape index (κ3) is 3.54. The van der Waals surface area contributed by atoms with Gasteiger partial charge in [0.05, 0.1) is 17.7 Å². The second-order valence-electron chi connectivity index (χ2n) is 10.8. The number of fused-ring (bicyclic) bond motifs is 4. The van der Waals surface area contributed by atoms with Gasteiger partial charge in [-0.25, -0.2) is 4.79 Å². The summed E-state index contributed by atoms with van der Waals surface area (Å²) in [6.45, 7) is 9.99. The van der Waals surface area contributed by atoms with Gasteiger partial charge in [0, 0.05) is 16.6 Å². The van der Waals surface area contributed by atoms with Crippen LogP contribution in [0.2, 0.25) is 0 Å². The van der Waals surface area contributed by atoms with Crippen LogP contribution in [0.15, 0.2) is 54.6 Å². The Morgan fingerprint density at radius 3 is 2.46 bits per heavy atom. The molecule has 6 rings (SSSR count). The number of aryl methyl sites for hydroxylation is 1. The molecule has 1 heterocycles. The first kappa shape index (κ1) is 22.2. The molecule has 0 spiro atoms. The zero-order valence-electron chi connectivity index (χ0n) is 21.0. The summed E-state index contributed by atoms with van der Waals surface area (Å²) >= 11 is 0. The van der Waals surface area contributed by atoms with Crippen LogP contribution in [0.1, 0.15) is 74.4 Å². The van der Waals surface area contributed by atoms with Crippen molar-refractivity contribution >= 4 is 27.6 Å². The van der Waals surface area contributed by atoms with Crippen LogP contribution in [0.4, 0.5) is 0 Å². The van der Waals surface area contributed by atoms with E-state index in [1.165, 1.54) is 28.3 Å². The van der Waals surface area contributed by atoms with E-state index in [0.29, 0.717) is 18.4 Å². The number of carbonyl (C=O) groups is 1. The zero-order chi connectivity index (χ0) is 24.5. The van der Waals surface area contributed by atoms with Crippen LogP contribution in [0.5, 0.6) is 0 Å². The van der Waals surface area contributed by atoms with Gasteiger partial charge in [0.1, 0.15) is 0 Å². The Morgan fingerprint density at radius 1 is 1.00 bits per heavy atom. The average Bonchev–Trinajstić information content (AvgIpc) is 3.55. The van der Waals surface area contributed by atoms with Crippen LogP contribution in [-0.4, -0.2) is 23.2 Å². The Labute approximate surface area is 206 Å². The third-order valence-corrected chi connectivity index (χ3v) is 7.32. The highest BCUT2D eigenvalue weighted by Gasteiger charge is 2.46. The number of rotatable bonds is 5. The highest BCUT2D eigenvalue weighted by molar-refractivity contribution is 6.09. The fourth-order valence-corrected chi connectivity index (χ4v) is 5.94. The van der Waals surface area contributed by atoms with Crippen LogP contribution in [0.3, 0.4) is 0 Å². The summed E-state index contributed by atoms with van der Waals surface area (Å²) in [5, 5.41) is 3.64. The van der Waals surface area contributed by atoms with Crippen LogP contribution in [-0.2, 0) is 14.3 Å². The first-order valence-electron chi connectivity index (χ1n) is 12.6. The quantitative estimate of drug-likeness (QED) is 0.289. The average molecular weight is 466 g/mol. The predicted octanol–water partition coefficient (Wildman–Crippen LogP) is 7.37. The molecule has 2 unspecified atom stereocenters. The van der Waals surface area contributed by atoms with Crippen molar-refractivity contribution in [2.24, 2.45) is 0 Å². The van der Waals surface area contributed by atoms with Crippen molar-refractivity contribution in [1.29, 1.82) is 0 Å². The maximum Gasteiger partial charge on any atom is 0.340 e. The van der Waals surface area contributed by atoms with Crippen LogP contribution >= 0.6 is 0 Å². The van der Waals surface area contributed by atoms with Gasteiger partial charge in [-0.2, -0.15) is 0 Å². The molecule has 0 amide bonds. The Morgan fingerprint density at radius 2 is 1.71 bits per heavy atom. The minimum atomic E-state index is -0.876. The minimum Gasteiger partial charge on any atom is -0.464 e. The van der Waals surface area contributed by atoms with E-state index >= 15 is 0 Å². The number of ether oxygens (including phenoxy) is 2. The largest absolute Gasteiger partial charge is 0.464 e. The van der Waals surface area contributed by atoms with E-state index in [4.69, 9.17) is 14.5 Å². The van der Waals surface area contributed by atoms with E-state index in [1.807, 2.05) is 52.8 Å². The molecule has 3 atom stereocenters. The molecule has 2 aliphatic carbocycles. The van der Waals surface area contributed by atoms with Gasteiger partial charge < -0.3 is 9.47 Å². The van der Waals surface area contributed by atoms with E-state index in [-0.39, 0.29) is 5.97 Å². The second kappa shape index (κ2) is 7.89. The summed E-state index contributed by atoms with van der Waals surface area (Å²) in [7, 11) is 0. The van der Waals surface area contributed by atoms with Gasteiger partial charge in [-0.15, -0.1) is 0 Å². The molecule has 0 radical (unpaired) electrons. The first-order valence-corrected chi connectivity index (χ1v) is 12.6. The molecule has 35 heavy (non-hydrogen) atoms. The number of nitrogens with zero attached hydrogens (tertiary/aromatic N) is 1. The molecule has 178 valence electrons. The number of benzene rings is 3. The fraction of sp³-hybridized carbons (Fsp3) is 0.355. The normalized spacial score (nSPS) is 19.1. The molecule has 1 fully saturated rings. The van der Waals surface area contributed by atoms with Gasteiger partial charge in [0.15, 0.2) is 6.10 Å². The van der Waals surface area contributed by atoms with E-state index in [0.717, 1.165) is 33.3 Å². The van der Waals surface area contributed by atoms with Gasteiger partial charge in [0.2, 0.25) is 0 Å². The Balaban J connectivity index is 1.69. The van der Waals surface area contributed by atoms with Gasteiger partial charge in [-0.05, 0) is 92.0 Å². The van der Waals surface area contributed by atoms with E-state index in [9.17, 15) is 4.79 Å². The summed E-state index contributed by atoms with van der Waals surface area (Å²) < 4.78 is 11.9. The van der Waals surface area contributed by atoms with Gasteiger partial charge in [-0.3, -0.25) is 4.98 Å². The molecule has 4 nitrogen and oxygen atoms in total. The summed E-state index contributed by atoms with van der Waals surface area (Å²) in [4.78, 5) is 18.3. The summed E-state index contributed by atoms with van der Waals surface area (Å²) in [5.41, 5.74) is 7.01. The van der Waals surface area contributed by atoms with Crippen molar-refractivity contribution < 1.29 is 14.3 Å². The van der Waals surface area contributed by atoms with Crippen LogP contribution < -0.4 is 0 Å². The van der Waals surface area contributed by atoms with E-state index in [1.54, 1.807) is 0 Å². The lowest BCUT2D eigenvalue weighted by Gasteiger charge is -2.29. The lowest BCUT2D eigenvalue weighted by atomic mass is 9.86. The van der Waals surface area contributed by atoms with Crippen molar-refractivity contribution in [2.75, 3.05) is 6.61 Å². The van der Waals surface area contributed by atoms with Crippen molar-refractivity contribution in [2.45, 2.75) is 64.6 Å². The maximum atomic E-state index is 13.3. The van der Waals surface area contributed by atoms with Crippen molar-refractivity contribution in [1.82, 2.24) is 4.98 Å². The summed E-state index contributed by atoms with van der Waals surface area (Å²) in [6, 6.07) is 19.4. The molecule has 4 aromatic rings. The van der Waals surface area contributed by atoms with E-state index < -0.39 is 11.7 Å². The molecular weight excluding hydrogens is 434 g/mol. The lowest BCUT2D eigenvalue weighted by Crippen LogP contribution is -2.30. The molecule has 1 saturated carbocycles. The van der Waals surface area contributed by atoms with Gasteiger partial charge >= 0.3 is 5.97 Å². The number of carbonyl (C=O) groups excluding carboxylic acids is 1. The molecule has 0 bridgehead atoms. The SMILES string of the molecule is CCOC(=O)[C@@H](OC(C)(C)C)c1c(C)nc2ccccc2c1-c1ccc2c3c(cccc13)C1CC21. The molecular formula is C31H31NO3. The number of para-hydroxylation sites is 1. The lowest BCUT2D eigenvalue weighted by molar-refractivity contribution is -0.166. The summed E-state index contributed by atoms with van der Waals surface area (Å²) in [6.07, 6.45) is 0.386. The van der Waals surface area contributed by atoms with Crippen molar-refractivity contribution in [3.8, 4) is 11.1 Å². The minimum absolute atomic E-state index is 0.294. The zero-order valence-corrected chi connectivity index (χ0v) is 21.0. The smallest absolute Gasteiger partial charge is 0.340 e. The monoisotopic (exact) mass is 465 g/mol. The number of aromatic nitrogens is 1. The van der Waals surface area contributed by atoms with Crippen molar-refractivity contribution in [3.05, 3.63) is 77.0 Å². The van der Waals surface area contributed by atoms with Crippen LogP contribution in [0.25, 0.3) is 32.8 Å². The number of esters is 1. The molecule has 3 aromatic carbocycles. The highest BCUT2D eigenvalue weighted by atomic mass is 16.6. The van der Waals surface area contributed by atoms with E-state index in [2.05, 4.69) is 36.4 Å². The second-order valence-corrected chi connectivity index (χ2v) is 10.8. The molecule has 0 saturated heterocycles. The topological polar surface area (TPSA) is 48.4 Å². The van der Waals surface area contributed by atoms with Crippen molar-refractivity contribution in [3.63, 3.8) is 0 Å². The molecule has 0 aliphatic heterocycles.